The molecule has 98 valence electrons. The Bertz CT molecular complexity index is 292. The smallest absolute Gasteiger partial charge is 0.241 e. The van der Waals surface area contributed by atoms with Gasteiger partial charge in [0.05, 0.1) is 12.2 Å². The molecular formula is C13H25N3O. The summed E-state index contributed by atoms with van der Waals surface area (Å²) in [4.78, 5) is 16.7. The molecule has 3 unspecified atom stereocenters. The van der Waals surface area contributed by atoms with E-state index >= 15 is 0 Å². The number of nitrogens with zero attached hydrogens (tertiary/aromatic N) is 2. The lowest BCUT2D eigenvalue weighted by molar-refractivity contribution is -0.131. The van der Waals surface area contributed by atoms with E-state index in [1.54, 1.807) is 0 Å². The van der Waals surface area contributed by atoms with E-state index in [1.807, 2.05) is 6.92 Å². The highest BCUT2D eigenvalue weighted by molar-refractivity contribution is 5.84. The third-order valence-electron chi connectivity index (χ3n) is 3.86. The summed E-state index contributed by atoms with van der Waals surface area (Å²) in [7, 11) is 2.13. The number of rotatable bonds is 3. The Kier molecular flexibility index (Phi) is 3.73. The van der Waals surface area contributed by atoms with Gasteiger partial charge in [-0.1, -0.05) is 13.8 Å². The van der Waals surface area contributed by atoms with Crippen molar-refractivity contribution in [3.05, 3.63) is 0 Å². The summed E-state index contributed by atoms with van der Waals surface area (Å²) < 4.78 is 0. The van der Waals surface area contributed by atoms with E-state index in [9.17, 15) is 4.79 Å². The number of amides is 1. The molecule has 1 N–H and O–H groups in total. The molecule has 2 rings (SSSR count). The predicted octanol–water partition coefficient (Wildman–Crippen LogP) is 0.883. The van der Waals surface area contributed by atoms with Gasteiger partial charge in [0.1, 0.15) is 0 Å². The normalized spacial score (nSPS) is 35.2. The van der Waals surface area contributed by atoms with Gasteiger partial charge < -0.3 is 9.80 Å². The first-order chi connectivity index (χ1) is 7.99. The monoisotopic (exact) mass is 239 g/mol. The van der Waals surface area contributed by atoms with E-state index < -0.39 is 0 Å². The zero-order valence-electron chi connectivity index (χ0n) is 11.4. The molecule has 0 aromatic heterocycles. The molecule has 0 radical (unpaired) electrons. The van der Waals surface area contributed by atoms with Crippen molar-refractivity contribution in [2.45, 2.75) is 51.9 Å². The predicted molar refractivity (Wildman–Crippen MR) is 68.6 cm³/mol. The first-order valence-electron chi connectivity index (χ1n) is 6.75. The standard InChI is InChI=1S/C13H25N3O/c1-9(2)7-12-14-10(3)13(17)16(12)11-5-6-15(4)8-11/h9-12,14H,5-8H2,1-4H3. The zero-order chi connectivity index (χ0) is 12.6. The molecule has 0 aliphatic carbocycles. The van der Waals surface area contributed by atoms with Crippen LogP contribution in [0.15, 0.2) is 0 Å². The summed E-state index contributed by atoms with van der Waals surface area (Å²) in [6.45, 7) is 8.54. The molecule has 4 nitrogen and oxygen atoms in total. The molecule has 2 heterocycles. The number of carbonyl (C=O) groups is 1. The fourth-order valence-corrected chi connectivity index (χ4v) is 3.02. The van der Waals surface area contributed by atoms with Gasteiger partial charge in [0.15, 0.2) is 0 Å². The van der Waals surface area contributed by atoms with Crippen LogP contribution in [0.4, 0.5) is 0 Å². The van der Waals surface area contributed by atoms with Gasteiger partial charge in [0.25, 0.3) is 0 Å². The number of carbonyl (C=O) groups excluding carboxylic acids is 1. The second-order valence-electron chi connectivity index (χ2n) is 5.98. The summed E-state index contributed by atoms with van der Waals surface area (Å²) in [6.07, 6.45) is 2.41. The molecular weight excluding hydrogens is 214 g/mol. The van der Waals surface area contributed by atoms with Gasteiger partial charge in [-0.05, 0) is 39.3 Å². The minimum atomic E-state index is -0.00958. The molecule has 17 heavy (non-hydrogen) atoms. The summed E-state index contributed by atoms with van der Waals surface area (Å²) in [5, 5.41) is 3.43. The maximum atomic E-state index is 12.2. The van der Waals surface area contributed by atoms with Gasteiger partial charge in [-0.15, -0.1) is 0 Å². The van der Waals surface area contributed by atoms with E-state index in [1.165, 1.54) is 0 Å². The summed E-state index contributed by atoms with van der Waals surface area (Å²) >= 11 is 0. The molecule has 0 spiro atoms. The Hall–Kier alpha value is -0.610. The highest BCUT2D eigenvalue weighted by Crippen LogP contribution is 2.24. The molecule has 0 saturated carbocycles. The Morgan fingerprint density at radius 2 is 2.18 bits per heavy atom. The van der Waals surface area contributed by atoms with E-state index in [-0.39, 0.29) is 18.1 Å². The molecule has 2 aliphatic heterocycles. The molecule has 0 aromatic rings. The van der Waals surface area contributed by atoms with Crippen molar-refractivity contribution < 1.29 is 4.79 Å². The number of nitrogens with one attached hydrogen (secondary N) is 1. The highest BCUT2D eigenvalue weighted by Gasteiger charge is 2.41. The number of hydrogen-bond donors (Lipinski definition) is 1. The van der Waals surface area contributed by atoms with Gasteiger partial charge >= 0.3 is 0 Å². The maximum absolute atomic E-state index is 12.2. The van der Waals surface area contributed by atoms with E-state index in [0.29, 0.717) is 12.0 Å². The lowest BCUT2D eigenvalue weighted by Gasteiger charge is -2.31. The van der Waals surface area contributed by atoms with E-state index in [0.717, 1.165) is 25.9 Å². The molecule has 2 fully saturated rings. The molecule has 0 aromatic carbocycles. The first-order valence-corrected chi connectivity index (χ1v) is 6.75. The zero-order valence-corrected chi connectivity index (χ0v) is 11.4. The van der Waals surface area contributed by atoms with Crippen molar-refractivity contribution in [1.29, 1.82) is 0 Å². The maximum Gasteiger partial charge on any atom is 0.241 e. The van der Waals surface area contributed by atoms with Crippen LogP contribution >= 0.6 is 0 Å². The molecule has 2 saturated heterocycles. The van der Waals surface area contributed by atoms with Gasteiger partial charge in [0.2, 0.25) is 5.91 Å². The van der Waals surface area contributed by atoms with Gasteiger partial charge in [0, 0.05) is 12.6 Å². The van der Waals surface area contributed by atoms with Crippen LogP contribution in [0.3, 0.4) is 0 Å². The van der Waals surface area contributed by atoms with Crippen LogP contribution in [0.25, 0.3) is 0 Å². The Balaban J connectivity index is 2.07. The quantitative estimate of drug-likeness (QED) is 0.794. The molecule has 1 amide bonds. The number of hydrogen-bond acceptors (Lipinski definition) is 3. The Morgan fingerprint density at radius 1 is 1.47 bits per heavy atom. The molecule has 4 heteroatoms. The largest absolute Gasteiger partial charge is 0.321 e. The second kappa shape index (κ2) is 4.94. The van der Waals surface area contributed by atoms with Crippen LogP contribution in [0.5, 0.6) is 0 Å². The van der Waals surface area contributed by atoms with Crippen LogP contribution in [0, 0.1) is 5.92 Å². The van der Waals surface area contributed by atoms with Crippen molar-refractivity contribution in [3.63, 3.8) is 0 Å². The lowest BCUT2D eigenvalue weighted by Crippen LogP contribution is -2.46. The van der Waals surface area contributed by atoms with Crippen molar-refractivity contribution in [1.82, 2.24) is 15.1 Å². The van der Waals surface area contributed by atoms with Crippen LogP contribution in [-0.2, 0) is 4.79 Å². The minimum absolute atomic E-state index is 0.00958. The van der Waals surface area contributed by atoms with Gasteiger partial charge in [-0.3, -0.25) is 10.1 Å². The average Bonchev–Trinajstić information content (AvgIpc) is 2.73. The van der Waals surface area contributed by atoms with E-state index in [2.05, 4.69) is 36.0 Å². The number of likely N-dealkylation sites (N-methyl/N-ethyl adjacent to an activating group) is 1. The summed E-state index contributed by atoms with van der Waals surface area (Å²) in [5.41, 5.74) is 0. The topological polar surface area (TPSA) is 35.6 Å². The fraction of sp³-hybridized carbons (Fsp3) is 0.923. The summed E-state index contributed by atoms with van der Waals surface area (Å²) in [6, 6.07) is 0.401. The van der Waals surface area contributed by atoms with Crippen LogP contribution in [0.2, 0.25) is 0 Å². The van der Waals surface area contributed by atoms with Gasteiger partial charge in [-0.25, -0.2) is 0 Å². The van der Waals surface area contributed by atoms with Crippen LogP contribution in [0.1, 0.15) is 33.6 Å². The van der Waals surface area contributed by atoms with Crippen LogP contribution in [-0.4, -0.2) is 54.1 Å². The molecule has 2 aliphatic rings. The third kappa shape index (κ3) is 2.63. The first kappa shape index (κ1) is 12.8. The van der Waals surface area contributed by atoms with Crippen molar-refractivity contribution >= 4 is 5.91 Å². The SMILES string of the molecule is CC(C)CC1NC(C)C(=O)N1C1CCN(C)C1. The Labute approximate surface area is 104 Å². The highest BCUT2D eigenvalue weighted by atomic mass is 16.2. The Morgan fingerprint density at radius 3 is 2.71 bits per heavy atom. The van der Waals surface area contributed by atoms with Gasteiger partial charge in [-0.2, -0.15) is 0 Å². The number of likely N-dealkylation sites (tertiary alicyclic amines) is 1. The molecule has 3 atom stereocenters. The third-order valence-corrected chi connectivity index (χ3v) is 3.86. The second-order valence-corrected chi connectivity index (χ2v) is 5.98. The lowest BCUT2D eigenvalue weighted by atomic mass is 10.1. The minimum Gasteiger partial charge on any atom is -0.321 e. The van der Waals surface area contributed by atoms with Crippen molar-refractivity contribution in [2.75, 3.05) is 20.1 Å². The molecule has 0 bridgehead atoms. The van der Waals surface area contributed by atoms with Crippen molar-refractivity contribution in [2.24, 2.45) is 5.92 Å². The average molecular weight is 239 g/mol. The fourth-order valence-electron chi connectivity index (χ4n) is 3.02. The summed E-state index contributed by atoms with van der Waals surface area (Å²) in [5.74, 6) is 0.906. The van der Waals surface area contributed by atoms with Crippen LogP contribution < -0.4 is 5.32 Å². The van der Waals surface area contributed by atoms with Crippen molar-refractivity contribution in [3.8, 4) is 0 Å². The van der Waals surface area contributed by atoms with E-state index in [4.69, 9.17) is 0 Å².